The van der Waals surface area contributed by atoms with Crippen LogP contribution in [0.15, 0.2) is 36.4 Å². The van der Waals surface area contributed by atoms with Gasteiger partial charge in [0.15, 0.2) is 0 Å². The van der Waals surface area contributed by atoms with E-state index in [9.17, 15) is 0 Å². The zero-order chi connectivity index (χ0) is 12.4. The van der Waals surface area contributed by atoms with Crippen LogP contribution < -0.4 is 10.5 Å². The van der Waals surface area contributed by atoms with Crippen LogP contribution in [0.1, 0.15) is 11.1 Å². The second kappa shape index (κ2) is 4.68. The van der Waals surface area contributed by atoms with E-state index in [1.54, 1.807) is 0 Å². The fourth-order valence-corrected chi connectivity index (χ4v) is 1.87. The normalized spacial score (nSPS) is 10.3. The molecule has 17 heavy (non-hydrogen) atoms. The highest BCUT2D eigenvalue weighted by atomic mass is 35.5. The van der Waals surface area contributed by atoms with E-state index in [0.29, 0.717) is 10.8 Å². The monoisotopic (exact) mass is 247 g/mol. The Hall–Kier alpha value is -1.67. The molecule has 0 heterocycles. The Kier molecular flexibility index (Phi) is 3.25. The van der Waals surface area contributed by atoms with Crippen molar-refractivity contribution in [3.8, 4) is 11.5 Å². The van der Waals surface area contributed by atoms with Crippen molar-refractivity contribution in [2.45, 2.75) is 13.8 Å². The maximum atomic E-state index is 6.11. The van der Waals surface area contributed by atoms with Crippen LogP contribution in [-0.4, -0.2) is 0 Å². The summed E-state index contributed by atoms with van der Waals surface area (Å²) in [5.41, 5.74) is 8.51. The van der Waals surface area contributed by atoms with Crippen LogP contribution in [0.25, 0.3) is 0 Å². The minimum Gasteiger partial charge on any atom is -0.456 e. The Morgan fingerprint density at radius 1 is 1.00 bits per heavy atom. The number of nitrogen functional groups attached to an aromatic ring is 1. The average Bonchev–Trinajstić information content (AvgIpc) is 2.25. The molecule has 2 N–H and O–H groups in total. The van der Waals surface area contributed by atoms with Gasteiger partial charge in [-0.1, -0.05) is 17.7 Å². The number of aryl methyl sites for hydroxylation is 2. The van der Waals surface area contributed by atoms with Crippen molar-refractivity contribution in [3.63, 3.8) is 0 Å². The zero-order valence-corrected chi connectivity index (χ0v) is 10.6. The average molecular weight is 248 g/mol. The Morgan fingerprint density at radius 2 is 1.71 bits per heavy atom. The number of nitrogens with two attached hydrogens (primary N) is 1. The van der Waals surface area contributed by atoms with Gasteiger partial charge in [0.05, 0.1) is 5.02 Å². The summed E-state index contributed by atoms with van der Waals surface area (Å²) in [6.45, 7) is 3.94. The molecular formula is C14H14ClNO. The molecule has 0 amide bonds. The first-order valence-corrected chi connectivity index (χ1v) is 5.74. The van der Waals surface area contributed by atoms with Crippen molar-refractivity contribution in [1.82, 2.24) is 0 Å². The molecule has 0 aliphatic carbocycles. The number of hydrogen-bond acceptors (Lipinski definition) is 2. The van der Waals surface area contributed by atoms with Gasteiger partial charge in [-0.3, -0.25) is 0 Å². The summed E-state index contributed by atoms with van der Waals surface area (Å²) in [4.78, 5) is 0. The molecule has 0 saturated carbocycles. The highest BCUT2D eigenvalue weighted by molar-refractivity contribution is 6.32. The second-order valence-corrected chi connectivity index (χ2v) is 4.47. The van der Waals surface area contributed by atoms with Gasteiger partial charge in [0, 0.05) is 5.69 Å². The number of ether oxygens (including phenoxy) is 1. The van der Waals surface area contributed by atoms with E-state index < -0.39 is 0 Å². The summed E-state index contributed by atoms with van der Waals surface area (Å²) in [6, 6.07) is 11.2. The van der Waals surface area contributed by atoms with Crippen molar-refractivity contribution in [2.75, 3.05) is 5.73 Å². The molecule has 0 radical (unpaired) electrons. The van der Waals surface area contributed by atoms with Gasteiger partial charge in [-0.2, -0.15) is 0 Å². The van der Waals surface area contributed by atoms with Crippen LogP contribution in [0, 0.1) is 13.8 Å². The largest absolute Gasteiger partial charge is 0.456 e. The Bertz CT molecular complexity index is 502. The zero-order valence-electron chi connectivity index (χ0n) is 9.83. The predicted octanol–water partition coefficient (Wildman–Crippen LogP) is 4.33. The van der Waals surface area contributed by atoms with Gasteiger partial charge < -0.3 is 10.5 Å². The third kappa shape index (κ3) is 2.71. The molecule has 0 saturated heterocycles. The lowest BCUT2D eigenvalue weighted by atomic mass is 10.2. The third-order valence-electron chi connectivity index (χ3n) is 2.51. The molecule has 0 aliphatic heterocycles. The minimum absolute atomic E-state index is 0.612. The number of anilines is 1. The van der Waals surface area contributed by atoms with E-state index in [4.69, 9.17) is 22.1 Å². The van der Waals surface area contributed by atoms with Crippen molar-refractivity contribution in [2.24, 2.45) is 0 Å². The summed E-state index contributed by atoms with van der Waals surface area (Å²) in [6.07, 6.45) is 0. The van der Waals surface area contributed by atoms with Crippen LogP contribution in [0.5, 0.6) is 11.5 Å². The lowest BCUT2D eigenvalue weighted by Gasteiger charge is -2.10. The fourth-order valence-electron chi connectivity index (χ4n) is 1.59. The van der Waals surface area contributed by atoms with E-state index in [0.717, 1.165) is 22.6 Å². The topological polar surface area (TPSA) is 35.2 Å². The quantitative estimate of drug-likeness (QED) is 0.802. The van der Waals surface area contributed by atoms with E-state index in [1.165, 1.54) is 0 Å². The molecule has 2 rings (SSSR count). The molecule has 0 unspecified atom stereocenters. The summed E-state index contributed by atoms with van der Waals surface area (Å²) < 4.78 is 5.76. The molecule has 0 aromatic heterocycles. The molecule has 0 atom stereocenters. The van der Waals surface area contributed by atoms with Gasteiger partial charge in [-0.25, -0.2) is 0 Å². The van der Waals surface area contributed by atoms with Crippen LogP contribution >= 0.6 is 11.6 Å². The molecule has 2 aromatic rings. The standard InChI is InChI=1S/C14H14ClNO/c1-9-3-5-14(12(15)7-9)17-13-6-4-11(16)8-10(13)2/h3-8H,16H2,1-2H3. The SMILES string of the molecule is Cc1ccc(Oc2ccc(N)cc2C)c(Cl)c1. The summed E-state index contributed by atoms with van der Waals surface area (Å²) in [5.74, 6) is 1.43. The van der Waals surface area contributed by atoms with Crippen molar-refractivity contribution in [3.05, 3.63) is 52.5 Å². The Labute approximate surface area is 106 Å². The van der Waals surface area contributed by atoms with Gasteiger partial charge >= 0.3 is 0 Å². The predicted molar refractivity (Wildman–Crippen MR) is 71.9 cm³/mol. The summed E-state index contributed by atoms with van der Waals surface area (Å²) >= 11 is 6.11. The maximum absolute atomic E-state index is 6.11. The van der Waals surface area contributed by atoms with Gasteiger partial charge in [0.2, 0.25) is 0 Å². The molecule has 88 valence electrons. The molecule has 2 nitrogen and oxygen atoms in total. The molecule has 0 fully saturated rings. The Balaban J connectivity index is 2.31. The van der Waals surface area contributed by atoms with Crippen molar-refractivity contribution < 1.29 is 4.74 Å². The first kappa shape index (κ1) is 11.8. The van der Waals surface area contributed by atoms with Crippen molar-refractivity contribution in [1.29, 1.82) is 0 Å². The molecule has 0 aliphatic rings. The van der Waals surface area contributed by atoms with Crippen molar-refractivity contribution >= 4 is 17.3 Å². The van der Waals surface area contributed by atoms with Crippen LogP contribution in [0.4, 0.5) is 5.69 Å². The fraction of sp³-hybridized carbons (Fsp3) is 0.143. The van der Waals surface area contributed by atoms with Gasteiger partial charge in [-0.15, -0.1) is 0 Å². The second-order valence-electron chi connectivity index (χ2n) is 4.06. The van der Waals surface area contributed by atoms with E-state index in [-0.39, 0.29) is 0 Å². The first-order chi connectivity index (χ1) is 8.06. The minimum atomic E-state index is 0.612. The van der Waals surface area contributed by atoms with E-state index >= 15 is 0 Å². The third-order valence-corrected chi connectivity index (χ3v) is 2.80. The highest BCUT2D eigenvalue weighted by Crippen LogP contribution is 2.32. The molecular weight excluding hydrogens is 234 g/mol. The lowest BCUT2D eigenvalue weighted by Crippen LogP contribution is -1.91. The molecule has 3 heteroatoms. The number of hydrogen-bond donors (Lipinski definition) is 1. The van der Waals surface area contributed by atoms with E-state index in [2.05, 4.69) is 0 Å². The maximum Gasteiger partial charge on any atom is 0.146 e. The Morgan fingerprint density at radius 3 is 2.35 bits per heavy atom. The first-order valence-electron chi connectivity index (χ1n) is 5.36. The molecule has 0 spiro atoms. The summed E-state index contributed by atoms with van der Waals surface area (Å²) in [7, 11) is 0. The van der Waals surface area contributed by atoms with Crippen LogP contribution in [-0.2, 0) is 0 Å². The van der Waals surface area contributed by atoms with E-state index in [1.807, 2.05) is 50.2 Å². The van der Waals surface area contributed by atoms with Gasteiger partial charge in [-0.05, 0) is 55.3 Å². The molecule has 0 bridgehead atoms. The van der Waals surface area contributed by atoms with Crippen LogP contribution in [0.2, 0.25) is 5.02 Å². The summed E-state index contributed by atoms with van der Waals surface area (Å²) in [5, 5.41) is 0.612. The molecule has 2 aromatic carbocycles. The lowest BCUT2D eigenvalue weighted by molar-refractivity contribution is 0.479. The van der Waals surface area contributed by atoms with Crippen LogP contribution in [0.3, 0.4) is 0 Å². The highest BCUT2D eigenvalue weighted by Gasteiger charge is 2.05. The van der Waals surface area contributed by atoms with Gasteiger partial charge in [0.25, 0.3) is 0 Å². The van der Waals surface area contributed by atoms with Gasteiger partial charge in [0.1, 0.15) is 11.5 Å². The number of halogens is 1. The number of benzene rings is 2. The number of rotatable bonds is 2. The smallest absolute Gasteiger partial charge is 0.146 e.